The minimum atomic E-state index is -0.224. The first kappa shape index (κ1) is 12.2. The SMILES string of the molecule is CN(Cc1ccc(F)cc1)c1ccc(N)c(N)c1. The molecule has 0 aliphatic heterocycles. The van der Waals surface area contributed by atoms with Crippen LogP contribution in [0.15, 0.2) is 42.5 Å². The zero-order valence-electron chi connectivity index (χ0n) is 10.2. The van der Waals surface area contributed by atoms with E-state index in [9.17, 15) is 4.39 Å². The van der Waals surface area contributed by atoms with E-state index in [1.807, 2.05) is 24.1 Å². The maximum atomic E-state index is 12.8. The van der Waals surface area contributed by atoms with Crippen LogP contribution in [0.2, 0.25) is 0 Å². The summed E-state index contributed by atoms with van der Waals surface area (Å²) in [6.45, 7) is 0.684. The first-order chi connectivity index (χ1) is 8.56. The quantitative estimate of drug-likeness (QED) is 0.817. The molecule has 4 N–H and O–H groups in total. The molecule has 0 saturated carbocycles. The molecule has 0 saturated heterocycles. The predicted octanol–water partition coefficient (Wildman–Crippen LogP) is 2.63. The van der Waals surface area contributed by atoms with Gasteiger partial charge in [-0.3, -0.25) is 0 Å². The largest absolute Gasteiger partial charge is 0.397 e. The van der Waals surface area contributed by atoms with Crippen LogP contribution in [0.1, 0.15) is 5.56 Å². The summed E-state index contributed by atoms with van der Waals surface area (Å²) < 4.78 is 12.8. The van der Waals surface area contributed by atoms with Gasteiger partial charge in [0, 0.05) is 19.3 Å². The van der Waals surface area contributed by atoms with E-state index in [2.05, 4.69) is 0 Å². The van der Waals surface area contributed by atoms with Crippen molar-refractivity contribution in [3.8, 4) is 0 Å². The van der Waals surface area contributed by atoms with Crippen LogP contribution >= 0.6 is 0 Å². The van der Waals surface area contributed by atoms with Crippen molar-refractivity contribution in [3.63, 3.8) is 0 Å². The molecule has 18 heavy (non-hydrogen) atoms. The molecular weight excluding hydrogens is 229 g/mol. The van der Waals surface area contributed by atoms with Crippen LogP contribution in [0.5, 0.6) is 0 Å². The maximum Gasteiger partial charge on any atom is 0.123 e. The van der Waals surface area contributed by atoms with Gasteiger partial charge in [0.2, 0.25) is 0 Å². The zero-order chi connectivity index (χ0) is 13.1. The second-order valence-electron chi connectivity index (χ2n) is 4.30. The molecule has 0 spiro atoms. The fourth-order valence-corrected chi connectivity index (χ4v) is 1.75. The van der Waals surface area contributed by atoms with Gasteiger partial charge in [0.1, 0.15) is 5.82 Å². The van der Waals surface area contributed by atoms with Gasteiger partial charge < -0.3 is 16.4 Å². The van der Waals surface area contributed by atoms with E-state index < -0.39 is 0 Å². The van der Waals surface area contributed by atoms with Gasteiger partial charge in [-0.1, -0.05) is 12.1 Å². The Hall–Kier alpha value is -2.23. The predicted molar refractivity (Wildman–Crippen MR) is 73.8 cm³/mol. The normalized spacial score (nSPS) is 10.3. The highest BCUT2D eigenvalue weighted by Crippen LogP contribution is 2.23. The molecule has 0 aliphatic carbocycles. The number of nitrogens with zero attached hydrogens (tertiary/aromatic N) is 1. The summed E-state index contributed by atoms with van der Waals surface area (Å²) in [5.41, 5.74) is 14.6. The lowest BCUT2D eigenvalue weighted by Gasteiger charge is -2.20. The third-order valence-corrected chi connectivity index (χ3v) is 2.84. The van der Waals surface area contributed by atoms with Crippen molar-refractivity contribution in [2.24, 2.45) is 0 Å². The van der Waals surface area contributed by atoms with Gasteiger partial charge in [-0.25, -0.2) is 4.39 Å². The van der Waals surface area contributed by atoms with E-state index in [0.717, 1.165) is 11.3 Å². The van der Waals surface area contributed by atoms with Gasteiger partial charge in [-0.15, -0.1) is 0 Å². The van der Waals surface area contributed by atoms with Crippen LogP contribution in [-0.4, -0.2) is 7.05 Å². The summed E-state index contributed by atoms with van der Waals surface area (Å²) in [5.74, 6) is -0.224. The van der Waals surface area contributed by atoms with Crippen molar-refractivity contribution in [3.05, 3.63) is 53.8 Å². The summed E-state index contributed by atoms with van der Waals surface area (Å²) in [6, 6.07) is 12.0. The Kier molecular flexibility index (Phi) is 3.37. The Morgan fingerprint density at radius 2 is 1.67 bits per heavy atom. The summed E-state index contributed by atoms with van der Waals surface area (Å²) in [6.07, 6.45) is 0. The first-order valence-electron chi connectivity index (χ1n) is 5.67. The Balaban J connectivity index is 2.13. The number of rotatable bonds is 3. The first-order valence-corrected chi connectivity index (χ1v) is 5.67. The number of anilines is 3. The molecule has 2 rings (SSSR count). The minimum absolute atomic E-state index is 0.224. The lowest BCUT2D eigenvalue weighted by atomic mass is 10.2. The molecule has 0 radical (unpaired) electrons. The van der Waals surface area contributed by atoms with Crippen molar-refractivity contribution >= 4 is 17.1 Å². The monoisotopic (exact) mass is 245 g/mol. The number of benzene rings is 2. The van der Waals surface area contributed by atoms with Gasteiger partial charge in [-0.2, -0.15) is 0 Å². The molecular formula is C14H16FN3. The fourth-order valence-electron chi connectivity index (χ4n) is 1.75. The second-order valence-corrected chi connectivity index (χ2v) is 4.30. The van der Waals surface area contributed by atoms with Gasteiger partial charge in [-0.05, 0) is 35.9 Å². The molecule has 0 aliphatic rings. The molecule has 0 aromatic heterocycles. The molecule has 2 aromatic rings. The summed E-state index contributed by atoms with van der Waals surface area (Å²) >= 11 is 0. The fraction of sp³-hybridized carbons (Fsp3) is 0.143. The third-order valence-electron chi connectivity index (χ3n) is 2.84. The molecule has 2 aromatic carbocycles. The Morgan fingerprint density at radius 3 is 2.28 bits per heavy atom. The molecule has 0 fully saturated rings. The topological polar surface area (TPSA) is 55.3 Å². The van der Waals surface area contributed by atoms with Gasteiger partial charge in [0.05, 0.1) is 11.4 Å². The average molecular weight is 245 g/mol. The molecule has 0 atom stereocenters. The molecule has 4 heteroatoms. The molecule has 0 unspecified atom stereocenters. The highest BCUT2D eigenvalue weighted by Gasteiger charge is 2.04. The van der Waals surface area contributed by atoms with Crippen LogP contribution < -0.4 is 16.4 Å². The Morgan fingerprint density at radius 1 is 1.00 bits per heavy atom. The lowest BCUT2D eigenvalue weighted by molar-refractivity contribution is 0.627. The van der Waals surface area contributed by atoms with E-state index >= 15 is 0 Å². The van der Waals surface area contributed by atoms with Gasteiger partial charge in [0.25, 0.3) is 0 Å². The van der Waals surface area contributed by atoms with Crippen LogP contribution in [-0.2, 0) is 6.54 Å². The highest BCUT2D eigenvalue weighted by atomic mass is 19.1. The van der Waals surface area contributed by atoms with Crippen molar-refractivity contribution in [1.29, 1.82) is 0 Å². The smallest absolute Gasteiger partial charge is 0.123 e. The summed E-state index contributed by atoms with van der Waals surface area (Å²) in [5, 5.41) is 0. The van der Waals surface area contributed by atoms with Crippen molar-refractivity contribution in [2.45, 2.75) is 6.54 Å². The third kappa shape index (κ3) is 2.71. The zero-order valence-corrected chi connectivity index (χ0v) is 10.2. The highest BCUT2D eigenvalue weighted by molar-refractivity contribution is 5.69. The molecule has 94 valence electrons. The van der Waals surface area contributed by atoms with Crippen LogP contribution in [0.25, 0.3) is 0 Å². The van der Waals surface area contributed by atoms with Crippen molar-refractivity contribution < 1.29 is 4.39 Å². The van der Waals surface area contributed by atoms with Crippen molar-refractivity contribution in [1.82, 2.24) is 0 Å². The number of hydrogen-bond donors (Lipinski definition) is 2. The van der Waals surface area contributed by atoms with Gasteiger partial charge >= 0.3 is 0 Å². The number of halogens is 1. The van der Waals surface area contributed by atoms with E-state index in [1.54, 1.807) is 18.2 Å². The molecule has 0 bridgehead atoms. The van der Waals surface area contributed by atoms with E-state index in [-0.39, 0.29) is 5.82 Å². The average Bonchev–Trinajstić information content (AvgIpc) is 2.35. The molecule has 0 amide bonds. The molecule has 3 nitrogen and oxygen atoms in total. The van der Waals surface area contributed by atoms with Crippen LogP contribution in [0, 0.1) is 5.82 Å². The van der Waals surface area contributed by atoms with Crippen LogP contribution in [0.3, 0.4) is 0 Å². The number of nitrogens with two attached hydrogens (primary N) is 2. The Labute approximate surface area is 106 Å². The Bertz CT molecular complexity index is 537. The van der Waals surface area contributed by atoms with Crippen molar-refractivity contribution in [2.75, 3.05) is 23.4 Å². The summed E-state index contributed by atoms with van der Waals surface area (Å²) in [7, 11) is 1.95. The number of nitrogen functional groups attached to an aromatic ring is 2. The van der Waals surface area contributed by atoms with E-state index in [4.69, 9.17) is 11.5 Å². The minimum Gasteiger partial charge on any atom is -0.397 e. The van der Waals surface area contributed by atoms with E-state index in [1.165, 1.54) is 12.1 Å². The lowest BCUT2D eigenvalue weighted by Crippen LogP contribution is -2.16. The summed E-state index contributed by atoms with van der Waals surface area (Å²) in [4.78, 5) is 2.03. The molecule has 0 heterocycles. The number of hydrogen-bond acceptors (Lipinski definition) is 3. The van der Waals surface area contributed by atoms with Gasteiger partial charge in [0.15, 0.2) is 0 Å². The standard InChI is InChI=1S/C14H16FN3/c1-18(9-10-2-4-11(15)5-3-10)12-6-7-13(16)14(17)8-12/h2-8H,9,16-17H2,1H3. The second kappa shape index (κ2) is 4.96. The van der Waals surface area contributed by atoms with Crippen LogP contribution in [0.4, 0.5) is 21.5 Å². The van der Waals surface area contributed by atoms with E-state index in [0.29, 0.717) is 17.9 Å². The maximum absolute atomic E-state index is 12.8.